The summed E-state index contributed by atoms with van der Waals surface area (Å²) in [7, 11) is 0. The molecule has 2 atom stereocenters. The van der Waals surface area contributed by atoms with Gasteiger partial charge < -0.3 is 20.6 Å². The Labute approximate surface area is 225 Å². The predicted octanol–water partition coefficient (Wildman–Crippen LogP) is 5.80. The number of nitrogens with one attached hydrogen (secondary N) is 1. The van der Waals surface area contributed by atoms with Crippen molar-refractivity contribution in [3.05, 3.63) is 136 Å². The minimum absolute atomic E-state index is 0.276. The topological polar surface area (TPSA) is 107 Å². The van der Waals surface area contributed by atoms with E-state index < -0.39 is 17.5 Å². The zero-order chi connectivity index (χ0) is 27.1. The van der Waals surface area contributed by atoms with Gasteiger partial charge in [0.1, 0.15) is 11.3 Å². The third-order valence-corrected chi connectivity index (χ3v) is 8.00. The minimum atomic E-state index is -1.28. The number of aliphatic hydroxyl groups is 1. The number of rotatable bonds is 6. The monoisotopic (exact) mass is 517 g/mol. The van der Waals surface area contributed by atoms with Gasteiger partial charge in [0, 0.05) is 16.7 Å². The van der Waals surface area contributed by atoms with E-state index in [0.29, 0.717) is 12.0 Å². The second kappa shape index (κ2) is 9.57. The second-order valence-electron chi connectivity index (χ2n) is 10.3. The van der Waals surface area contributed by atoms with Crippen LogP contribution in [0.5, 0.6) is 5.75 Å². The summed E-state index contributed by atoms with van der Waals surface area (Å²) in [6.45, 7) is 0. The molecule has 0 fully saturated rings. The van der Waals surface area contributed by atoms with E-state index in [0.717, 1.165) is 29.5 Å². The lowest BCUT2D eigenvalue weighted by Gasteiger charge is -2.35. The van der Waals surface area contributed by atoms with Crippen LogP contribution in [0, 0.1) is 5.41 Å². The number of fused-ring (bicyclic) bond motifs is 2. The zero-order valence-electron chi connectivity index (χ0n) is 21.1. The second-order valence-corrected chi connectivity index (χ2v) is 10.3. The van der Waals surface area contributed by atoms with E-state index in [1.807, 2.05) is 42.5 Å². The molecule has 2 aliphatic carbocycles. The van der Waals surface area contributed by atoms with Crippen LogP contribution in [-0.4, -0.2) is 27.2 Å². The van der Waals surface area contributed by atoms with Crippen LogP contribution in [0.1, 0.15) is 54.6 Å². The molecule has 194 valence electrons. The molecule has 0 bridgehead atoms. The third kappa shape index (κ3) is 4.39. The number of aromatic hydroxyl groups is 1. The maximum Gasteiger partial charge on any atom is 0.339 e. The van der Waals surface area contributed by atoms with E-state index in [4.69, 9.17) is 0 Å². The van der Waals surface area contributed by atoms with Crippen molar-refractivity contribution in [1.82, 2.24) is 0 Å². The highest BCUT2D eigenvalue weighted by Gasteiger charge is 2.48. The Kier molecular flexibility index (Phi) is 6.04. The number of carboxylic acids is 1. The molecule has 4 aromatic rings. The highest BCUT2D eigenvalue weighted by Crippen LogP contribution is 2.55. The van der Waals surface area contributed by atoms with Gasteiger partial charge in [-0.15, -0.1) is 0 Å². The lowest BCUT2D eigenvalue weighted by atomic mass is 9.70. The number of carbonyl (C=O) groups is 2. The lowest BCUT2D eigenvalue weighted by Crippen LogP contribution is -2.31. The quantitative estimate of drug-likeness (QED) is 0.242. The van der Waals surface area contributed by atoms with Gasteiger partial charge in [0.05, 0.1) is 6.10 Å². The molecule has 0 unspecified atom stereocenters. The van der Waals surface area contributed by atoms with Gasteiger partial charge >= 0.3 is 5.97 Å². The first-order valence-corrected chi connectivity index (χ1v) is 12.9. The van der Waals surface area contributed by atoms with Crippen LogP contribution >= 0.6 is 0 Å². The fraction of sp³-hybridized carbons (Fsp3) is 0.152. The maximum absolute atomic E-state index is 12.9. The van der Waals surface area contributed by atoms with E-state index in [9.17, 15) is 24.9 Å². The fourth-order valence-corrected chi connectivity index (χ4v) is 5.98. The summed E-state index contributed by atoms with van der Waals surface area (Å²) in [6, 6.07) is 27.6. The number of aliphatic hydroxyl groups excluding tert-OH is 1. The van der Waals surface area contributed by atoms with Crippen LogP contribution in [-0.2, 0) is 19.3 Å². The molecular formula is C33H27NO5. The summed E-state index contributed by atoms with van der Waals surface area (Å²) in [5.41, 5.74) is 6.73. The van der Waals surface area contributed by atoms with Gasteiger partial charge in [0.25, 0.3) is 5.91 Å². The average molecular weight is 518 g/mol. The zero-order valence-corrected chi connectivity index (χ0v) is 21.1. The summed E-state index contributed by atoms with van der Waals surface area (Å²) in [4.78, 5) is 24.2. The molecule has 2 aliphatic rings. The average Bonchev–Trinajstić information content (AvgIpc) is 3.50. The standard InChI is InChI=1S/C33H27NO5/c35-29-14-13-26(17-28(29)32(38)39)34-31(37)21-11-9-20(10-12-21)18-33(19-24-7-3-4-8-27(24)30(33)36)25-15-22-5-1-2-6-23(22)16-25/h1-15,17,30,35-36H,16,18-19H2,(H,34,37)(H,38,39)/t30-,33+/m0/s1. The maximum atomic E-state index is 12.9. The number of phenols is 1. The fourth-order valence-electron chi connectivity index (χ4n) is 5.98. The van der Waals surface area contributed by atoms with Crippen molar-refractivity contribution in [2.24, 2.45) is 5.41 Å². The minimum Gasteiger partial charge on any atom is -0.507 e. The molecule has 0 radical (unpaired) electrons. The Balaban J connectivity index is 1.26. The van der Waals surface area contributed by atoms with E-state index in [2.05, 4.69) is 29.6 Å². The summed E-state index contributed by atoms with van der Waals surface area (Å²) in [6.07, 6.45) is 3.74. The normalized spacial score (nSPS) is 19.2. The Morgan fingerprint density at radius 2 is 1.62 bits per heavy atom. The number of hydrogen-bond donors (Lipinski definition) is 4. The first kappa shape index (κ1) is 24.6. The molecule has 6 heteroatoms. The van der Waals surface area contributed by atoms with Crippen molar-refractivity contribution in [2.75, 3.05) is 5.32 Å². The molecule has 0 aliphatic heterocycles. The van der Waals surface area contributed by atoms with Crippen molar-refractivity contribution >= 4 is 23.6 Å². The summed E-state index contributed by atoms with van der Waals surface area (Å²) >= 11 is 0. The van der Waals surface area contributed by atoms with Crippen molar-refractivity contribution in [2.45, 2.75) is 25.4 Å². The first-order valence-electron chi connectivity index (χ1n) is 12.9. The van der Waals surface area contributed by atoms with Gasteiger partial charge in [0.15, 0.2) is 0 Å². The van der Waals surface area contributed by atoms with Gasteiger partial charge in [-0.1, -0.05) is 72.3 Å². The van der Waals surface area contributed by atoms with Gasteiger partial charge in [-0.05, 0) is 77.4 Å². The number of hydrogen-bond acceptors (Lipinski definition) is 4. The molecular weight excluding hydrogens is 490 g/mol. The van der Waals surface area contributed by atoms with Crippen LogP contribution in [0.2, 0.25) is 0 Å². The predicted molar refractivity (Wildman–Crippen MR) is 149 cm³/mol. The summed E-state index contributed by atoms with van der Waals surface area (Å²) < 4.78 is 0. The van der Waals surface area contributed by atoms with Gasteiger partial charge in [0.2, 0.25) is 0 Å². The number of carbonyl (C=O) groups excluding carboxylic acids is 1. The Morgan fingerprint density at radius 1 is 0.897 bits per heavy atom. The van der Waals surface area contributed by atoms with E-state index in [-0.39, 0.29) is 22.9 Å². The Hall–Kier alpha value is -4.68. The first-order chi connectivity index (χ1) is 18.8. The number of aromatic carboxylic acids is 1. The lowest BCUT2D eigenvalue weighted by molar-refractivity contribution is 0.0650. The summed E-state index contributed by atoms with van der Waals surface area (Å²) in [5.74, 6) is -2.03. The molecule has 1 amide bonds. The van der Waals surface area contributed by atoms with Crippen LogP contribution in [0.15, 0.2) is 96.6 Å². The molecule has 0 aromatic heterocycles. The summed E-state index contributed by atoms with van der Waals surface area (Å²) in [5, 5.41) is 33.3. The molecule has 4 N–H and O–H groups in total. The van der Waals surface area contributed by atoms with Crippen LogP contribution in [0.3, 0.4) is 0 Å². The molecule has 0 heterocycles. The number of amides is 1. The smallest absolute Gasteiger partial charge is 0.339 e. The molecule has 39 heavy (non-hydrogen) atoms. The number of benzene rings is 4. The third-order valence-electron chi connectivity index (χ3n) is 8.00. The van der Waals surface area contributed by atoms with Crippen molar-refractivity contribution in [3.63, 3.8) is 0 Å². The van der Waals surface area contributed by atoms with E-state index >= 15 is 0 Å². The SMILES string of the molecule is O=C(Nc1ccc(O)c(C(=O)O)c1)c1ccc(C[C@]2(C3=Cc4ccccc4C3)Cc3ccccc3[C@@H]2O)cc1. The molecule has 0 saturated heterocycles. The molecule has 0 spiro atoms. The van der Waals surface area contributed by atoms with E-state index in [1.165, 1.54) is 34.9 Å². The molecule has 4 aromatic carbocycles. The van der Waals surface area contributed by atoms with Gasteiger partial charge in [-0.25, -0.2) is 4.79 Å². The van der Waals surface area contributed by atoms with Crippen molar-refractivity contribution in [1.29, 1.82) is 0 Å². The van der Waals surface area contributed by atoms with E-state index in [1.54, 1.807) is 12.1 Å². The van der Waals surface area contributed by atoms with Crippen LogP contribution < -0.4 is 5.32 Å². The van der Waals surface area contributed by atoms with Gasteiger partial charge in [-0.3, -0.25) is 4.79 Å². The Bertz CT molecular complexity index is 1640. The molecule has 6 rings (SSSR count). The molecule has 0 saturated carbocycles. The highest BCUT2D eigenvalue weighted by atomic mass is 16.4. The van der Waals surface area contributed by atoms with Crippen molar-refractivity contribution < 1.29 is 24.9 Å². The van der Waals surface area contributed by atoms with Crippen LogP contribution in [0.4, 0.5) is 5.69 Å². The molecule has 6 nitrogen and oxygen atoms in total. The van der Waals surface area contributed by atoms with Gasteiger partial charge in [-0.2, -0.15) is 0 Å². The number of carboxylic acid groups (broad SMARTS) is 1. The number of anilines is 1. The van der Waals surface area contributed by atoms with Crippen molar-refractivity contribution in [3.8, 4) is 5.75 Å². The Morgan fingerprint density at radius 3 is 2.33 bits per heavy atom. The highest BCUT2D eigenvalue weighted by molar-refractivity contribution is 6.05. The largest absolute Gasteiger partial charge is 0.507 e. The van der Waals surface area contributed by atoms with Crippen LogP contribution in [0.25, 0.3) is 6.08 Å².